The molecule has 2 aromatic rings. The van der Waals surface area contributed by atoms with Gasteiger partial charge >= 0.3 is 0 Å². The summed E-state index contributed by atoms with van der Waals surface area (Å²) in [5, 5.41) is 2.32. The Morgan fingerprint density at radius 3 is 2.28 bits per heavy atom. The average Bonchev–Trinajstić information content (AvgIpc) is 2.70. The number of hydrazine groups is 1. The van der Waals surface area contributed by atoms with Crippen molar-refractivity contribution in [3.63, 3.8) is 0 Å². The van der Waals surface area contributed by atoms with E-state index in [1.54, 1.807) is 37.4 Å². The molecule has 0 radical (unpaired) electrons. The second-order valence-electron chi connectivity index (χ2n) is 5.74. The Morgan fingerprint density at radius 1 is 0.966 bits per heavy atom. The summed E-state index contributed by atoms with van der Waals surface area (Å²) in [6.07, 6.45) is 0. The zero-order chi connectivity index (χ0) is 21.2. The third-order valence-electron chi connectivity index (χ3n) is 3.44. The van der Waals surface area contributed by atoms with Gasteiger partial charge in [0.05, 0.1) is 11.6 Å². The fourth-order valence-electron chi connectivity index (χ4n) is 2.04. The van der Waals surface area contributed by atoms with E-state index in [1.165, 1.54) is 0 Å². The lowest BCUT2D eigenvalue weighted by atomic mass is 10.2. The molecule has 2 rings (SSSR count). The van der Waals surface area contributed by atoms with Crippen molar-refractivity contribution in [1.29, 1.82) is 0 Å². The van der Waals surface area contributed by atoms with Crippen molar-refractivity contribution in [3.8, 4) is 17.2 Å². The van der Waals surface area contributed by atoms with Crippen molar-refractivity contribution >= 4 is 45.1 Å². The Labute approximate surface area is 182 Å². The van der Waals surface area contributed by atoms with Crippen LogP contribution in [0.3, 0.4) is 0 Å². The van der Waals surface area contributed by atoms with E-state index in [9.17, 15) is 9.59 Å². The van der Waals surface area contributed by atoms with E-state index in [2.05, 4.69) is 32.1 Å². The average molecular weight is 482 g/mol. The van der Waals surface area contributed by atoms with Gasteiger partial charge in [0, 0.05) is 0 Å². The van der Waals surface area contributed by atoms with Gasteiger partial charge in [-0.15, -0.1) is 0 Å². The number of thiocarbonyl (C=S) groups is 1. The summed E-state index contributed by atoms with van der Waals surface area (Å²) in [5.41, 5.74) is 5.81. The summed E-state index contributed by atoms with van der Waals surface area (Å²) in [5.74, 6) is 0.782. The molecule has 154 valence electrons. The van der Waals surface area contributed by atoms with Gasteiger partial charge in [-0.25, -0.2) is 0 Å². The summed E-state index contributed by atoms with van der Waals surface area (Å²) in [6, 6.07) is 12.3. The molecule has 10 heteroatoms. The minimum Gasteiger partial charge on any atom is -0.497 e. The van der Waals surface area contributed by atoms with Gasteiger partial charge in [-0.1, -0.05) is 6.07 Å². The second kappa shape index (κ2) is 11.2. The second-order valence-corrected chi connectivity index (χ2v) is 7.00. The van der Waals surface area contributed by atoms with E-state index in [0.717, 1.165) is 10.0 Å². The molecule has 3 N–H and O–H groups in total. The zero-order valence-corrected chi connectivity index (χ0v) is 18.2. The van der Waals surface area contributed by atoms with Crippen LogP contribution >= 0.6 is 28.1 Å². The fourth-order valence-corrected chi connectivity index (χ4v) is 2.82. The molecule has 0 aliphatic rings. The van der Waals surface area contributed by atoms with Crippen LogP contribution in [0.5, 0.6) is 17.2 Å². The van der Waals surface area contributed by atoms with E-state index < -0.39 is 11.8 Å². The Kier molecular flexibility index (Phi) is 8.68. The van der Waals surface area contributed by atoms with Crippen LogP contribution in [-0.4, -0.2) is 37.3 Å². The van der Waals surface area contributed by atoms with Crippen molar-refractivity contribution in [2.24, 2.45) is 0 Å². The summed E-state index contributed by atoms with van der Waals surface area (Å²) in [4.78, 5) is 23.7. The van der Waals surface area contributed by atoms with Crippen molar-refractivity contribution in [2.75, 3.05) is 20.3 Å². The normalized spacial score (nSPS) is 9.90. The van der Waals surface area contributed by atoms with Gasteiger partial charge in [-0.2, -0.15) is 0 Å². The lowest BCUT2D eigenvalue weighted by Crippen LogP contribution is -2.50. The number of hydrogen-bond acceptors (Lipinski definition) is 6. The van der Waals surface area contributed by atoms with E-state index >= 15 is 0 Å². The van der Waals surface area contributed by atoms with Gasteiger partial charge in [0.1, 0.15) is 17.2 Å². The number of carbonyl (C=O) groups is 2. The molecule has 0 heterocycles. The number of ether oxygens (including phenoxy) is 3. The predicted octanol–water partition coefficient (Wildman–Crippen LogP) is 2.25. The maximum Gasteiger partial charge on any atom is 0.276 e. The van der Waals surface area contributed by atoms with Gasteiger partial charge in [0.15, 0.2) is 18.3 Å². The summed E-state index contributed by atoms with van der Waals surface area (Å²) < 4.78 is 16.5. The lowest BCUT2D eigenvalue weighted by Gasteiger charge is -2.12. The van der Waals surface area contributed by atoms with Gasteiger partial charge < -0.3 is 14.2 Å². The van der Waals surface area contributed by atoms with Crippen molar-refractivity contribution in [3.05, 3.63) is 52.5 Å². The first kappa shape index (κ1) is 22.4. The third-order valence-corrected chi connectivity index (χ3v) is 4.27. The number of hydrogen-bond donors (Lipinski definition) is 3. The fraction of sp³-hybridized carbons (Fsp3) is 0.211. The molecule has 0 aliphatic carbocycles. The van der Waals surface area contributed by atoms with E-state index in [0.29, 0.717) is 17.2 Å². The van der Waals surface area contributed by atoms with Crippen LogP contribution in [0.2, 0.25) is 0 Å². The third kappa shape index (κ3) is 7.96. The maximum absolute atomic E-state index is 11.9. The van der Waals surface area contributed by atoms with Crippen LogP contribution in [0, 0.1) is 6.92 Å². The van der Waals surface area contributed by atoms with E-state index in [1.807, 2.05) is 19.1 Å². The number of nitrogens with one attached hydrogen (secondary N) is 3. The molecule has 0 saturated heterocycles. The SMILES string of the molecule is COc1ccc(OCC(=O)NNC(=S)NC(=O)COc2ccc(C)cc2Br)cc1. The van der Waals surface area contributed by atoms with Gasteiger partial charge in [-0.3, -0.25) is 25.8 Å². The molecule has 2 aromatic carbocycles. The number of rotatable bonds is 7. The van der Waals surface area contributed by atoms with Crippen molar-refractivity contribution < 1.29 is 23.8 Å². The molecule has 0 spiro atoms. The first-order chi connectivity index (χ1) is 13.9. The molecule has 0 saturated carbocycles. The largest absolute Gasteiger partial charge is 0.497 e. The molecular weight excluding hydrogens is 462 g/mol. The van der Waals surface area contributed by atoms with Crippen molar-refractivity contribution in [2.45, 2.75) is 6.92 Å². The number of halogens is 1. The Bertz CT molecular complexity index is 877. The Morgan fingerprint density at radius 2 is 1.62 bits per heavy atom. The minimum atomic E-state index is -0.475. The quantitative estimate of drug-likeness (QED) is 0.412. The number of amides is 2. The molecule has 2 amide bonds. The monoisotopic (exact) mass is 481 g/mol. The van der Waals surface area contributed by atoms with Crippen LogP contribution in [0.15, 0.2) is 46.9 Å². The molecule has 8 nitrogen and oxygen atoms in total. The van der Waals surface area contributed by atoms with Gasteiger partial charge in [0.2, 0.25) is 0 Å². The number of benzene rings is 2. The van der Waals surface area contributed by atoms with Crippen LogP contribution in [0.1, 0.15) is 5.56 Å². The first-order valence-corrected chi connectivity index (χ1v) is 9.62. The predicted molar refractivity (Wildman–Crippen MR) is 115 cm³/mol. The standard InChI is InChI=1S/C19H20BrN3O5S/c1-12-3-8-16(15(20)9-12)28-10-17(24)21-19(29)23-22-18(25)11-27-14-6-4-13(26-2)5-7-14/h3-9H,10-11H2,1-2H3,(H,22,25)(H2,21,23,24,29). The molecule has 0 bridgehead atoms. The van der Waals surface area contributed by atoms with Crippen LogP contribution in [0.4, 0.5) is 0 Å². The summed E-state index contributed by atoms with van der Waals surface area (Å²) >= 11 is 8.32. The van der Waals surface area contributed by atoms with Crippen LogP contribution < -0.4 is 30.4 Å². The first-order valence-electron chi connectivity index (χ1n) is 8.42. The molecule has 0 aliphatic heterocycles. The van der Waals surface area contributed by atoms with Crippen LogP contribution in [0.25, 0.3) is 0 Å². The summed E-state index contributed by atoms with van der Waals surface area (Å²) in [7, 11) is 1.56. The highest BCUT2D eigenvalue weighted by atomic mass is 79.9. The molecule has 0 fully saturated rings. The minimum absolute atomic E-state index is 0.0700. The number of methoxy groups -OCH3 is 1. The highest BCUT2D eigenvalue weighted by Gasteiger charge is 2.09. The number of aryl methyl sites for hydroxylation is 1. The topological polar surface area (TPSA) is 97.9 Å². The Balaban J connectivity index is 1.66. The van der Waals surface area contributed by atoms with Gasteiger partial charge in [-0.05, 0) is 77.0 Å². The smallest absolute Gasteiger partial charge is 0.276 e. The van der Waals surface area contributed by atoms with Crippen LogP contribution in [-0.2, 0) is 9.59 Å². The van der Waals surface area contributed by atoms with Gasteiger partial charge in [0.25, 0.3) is 11.8 Å². The molecule has 29 heavy (non-hydrogen) atoms. The molecular formula is C19H20BrN3O5S. The van der Waals surface area contributed by atoms with E-state index in [-0.39, 0.29) is 18.3 Å². The molecule has 0 aromatic heterocycles. The van der Waals surface area contributed by atoms with E-state index in [4.69, 9.17) is 26.4 Å². The highest BCUT2D eigenvalue weighted by molar-refractivity contribution is 9.10. The number of carbonyl (C=O) groups excluding carboxylic acids is 2. The zero-order valence-electron chi connectivity index (χ0n) is 15.8. The molecule has 0 unspecified atom stereocenters. The van der Waals surface area contributed by atoms with Crippen molar-refractivity contribution in [1.82, 2.24) is 16.2 Å². The maximum atomic E-state index is 11.9. The highest BCUT2D eigenvalue weighted by Crippen LogP contribution is 2.25. The Hall–Kier alpha value is -2.85. The molecule has 0 atom stereocenters. The lowest BCUT2D eigenvalue weighted by molar-refractivity contribution is -0.124. The summed E-state index contributed by atoms with van der Waals surface area (Å²) in [6.45, 7) is 1.47.